The van der Waals surface area contributed by atoms with Gasteiger partial charge in [0.15, 0.2) is 0 Å². The highest BCUT2D eigenvalue weighted by Gasteiger charge is 2.23. The van der Waals surface area contributed by atoms with Crippen LogP contribution < -0.4 is 4.74 Å². The molecule has 114 valence electrons. The third kappa shape index (κ3) is 3.65. The van der Waals surface area contributed by atoms with Gasteiger partial charge in [0.2, 0.25) is 0 Å². The van der Waals surface area contributed by atoms with Gasteiger partial charge in [-0.1, -0.05) is 18.6 Å². The first-order valence-electron chi connectivity index (χ1n) is 8.20. The van der Waals surface area contributed by atoms with E-state index in [4.69, 9.17) is 4.74 Å². The highest BCUT2D eigenvalue weighted by atomic mass is 16.5. The predicted molar refractivity (Wildman–Crippen MR) is 83.9 cm³/mol. The molecule has 3 nitrogen and oxygen atoms in total. The number of likely N-dealkylation sites (tertiary alicyclic amines) is 1. The number of benzene rings is 1. The van der Waals surface area contributed by atoms with Gasteiger partial charge in [0.05, 0.1) is 6.61 Å². The highest BCUT2D eigenvalue weighted by Crippen LogP contribution is 2.26. The summed E-state index contributed by atoms with van der Waals surface area (Å²) in [5.41, 5.74) is 2.75. The number of hydrogen-bond acceptors (Lipinski definition) is 3. The largest absolute Gasteiger partial charge is 0.493 e. The van der Waals surface area contributed by atoms with Crippen molar-refractivity contribution in [2.24, 2.45) is 0 Å². The number of carbonyl (C=O) groups excluding carboxylic acids is 1. The Labute approximate surface area is 127 Å². The van der Waals surface area contributed by atoms with E-state index >= 15 is 0 Å². The zero-order valence-electron chi connectivity index (χ0n) is 12.9. The molecule has 0 amide bonds. The summed E-state index contributed by atoms with van der Waals surface area (Å²) >= 11 is 0. The van der Waals surface area contributed by atoms with Gasteiger partial charge in [-0.25, -0.2) is 0 Å². The van der Waals surface area contributed by atoms with Crippen LogP contribution in [0.5, 0.6) is 5.75 Å². The minimum absolute atomic E-state index is 0.321. The van der Waals surface area contributed by atoms with Crippen molar-refractivity contribution >= 4 is 5.78 Å². The van der Waals surface area contributed by atoms with E-state index in [1.54, 1.807) is 6.92 Å². The lowest BCUT2D eigenvalue weighted by Gasteiger charge is -2.35. The molecule has 0 saturated carbocycles. The number of fused-ring (bicyclic) bond motifs is 1. The van der Waals surface area contributed by atoms with Crippen LogP contribution in [0.15, 0.2) is 18.2 Å². The van der Waals surface area contributed by atoms with E-state index < -0.39 is 0 Å². The molecule has 1 aromatic carbocycles. The maximum absolute atomic E-state index is 11.4. The normalized spacial score (nSPS) is 21.9. The molecule has 0 bridgehead atoms. The monoisotopic (exact) mass is 287 g/mol. The first kappa shape index (κ1) is 14.6. The average Bonchev–Trinajstić information content (AvgIpc) is 2.93. The molecular weight excluding hydrogens is 262 g/mol. The summed E-state index contributed by atoms with van der Waals surface area (Å²) in [5, 5.41) is 0. The summed E-state index contributed by atoms with van der Waals surface area (Å²) < 4.78 is 5.56. The van der Waals surface area contributed by atoms with Crippen molar-refractivity contribution in [3.05, 3.63) is 29.3 Å². The highest BCUT2D eigenvalue weighted by molar-refractivity contribution is 5.76. The number of carbonyl (C=O) groups is 1. The molecule has 21 heavy (non-hydrogen) atoms. The summed E-state index contributed by atoms with van der Waals surface area (Å²) in [7, 11) is 0. The second-order valence-corrected chi connectivity index (χ2v) is 6.38. The van der Waals surface area contributed by atoms with Crippen molar-refractivity contribution in [1.82, 2.24) is 4.90 Å². The van der Waals surface area contributed by atoms with E-state index in [1.807, 2.05) is 0 Å². The molecule has 0 radical (unpaired) electrons. The quantitative estimate of drug-likeness (QED) is 0.834. The van der Waals surface area contributed by atoms with Gasteiger partial charge in [-0.05, 0) is 49.9 Å². The van der Waals surface area contributed by atoms with Crippen LogP contribution in [0.4, 0.5) is 0 Å². The van der Waals surface area contributed by atoms with Gasteiger partial charge in [0.25, 0.3) is 0 Å². The number of piperidine rings is 1. The smallest absolute Gasteiger partial charge is 0.131 e. The van der Waals surface area contributed by atoms with Crippen molar-refractivity contribution in [2.75, 3.05) is 19.7 Å². The van der Waals surface area contributed by atoms with Crippen LogP contribution in [0.1, 0.15) is 43.7 Å². The minimum Gasteiger partial charge on any atom is -0.493 e. The fourth-order valence-electron chi connectivity index (χ4n) is 3.59. The van der Waals surface area contributed by atoms with Crippen molar-refractivity contribution in [3.8, 4) is 5.75 Å². The number of hydrogen-bond donors (Lipinski definition) is 0. The molecule has 2 aliphatic rings. The molecule has 3 rings (SSSR count). The van der Waals surface area contributed by atoms with E-state index in [1.165, 1.54) is 30.4 Å². The Balaban J connectivity index is 1.59. The SMILES string of the molecule is CC(=O)CC1CCCCN1CCc1ccc2c(c1)CCO2. The fourth-order valence-corrected chi connectivity index (χ4v) is 3.59. The van der Waals surface area contributed by atoms with Crippen LogP contribution in [-0.4, -0.2) is 36.4 Å². The third-order valence-electron chi connectivity index (χ3n) is 4.71. The van der Waals surface area contributed by atoms with Gasteiger partial charge < -0.3 is 4.74 Å². The van der Waals surface area contributed by atoms with Crippen LogP contribution in [-0.2, 0) is 17.6 Å². The first-order valence-corrected chi connectivity index (χ1v) is 8.20. The summed E-state index contributed by atoms with van der Waals surface area (Å²) in [4.78, 5) is 13.9. The van der Waals surface area contributed by atoms with Gasteiger partial charge in [0, 0.05) is 25.4 Å². The first-order chi connectivity index (χ1) is 10.2. The molecule has 1 atom stereocenters. The number of nitrogens with zero attached hydrogens (tertiary/aromatic N) is 1. The Morgan fingerprint density at radius 2 is 2.29 bits per heavy atom. The Hall–Kier alpha value is -1.35. The van der Waals surface area contributed by atoms with Gasteiger partial charge in [0.1, 0.15) is 11.5 Å². The predicted octanol–water partition coefficient (Wildman–Crippen LogP) is 3.00. The minimum atomic E-state index is 0.321. The number of Topliss-reactive ketones (excluding diaryl/α,β-unsaturated/α-hetero) is 1. The molecule has 0 N–H and O–H groups in total. The topological polar surface area (TPSA) is 29.5 Å². The molecule has 0 spiro atoms. The van der Waals surface area contributed by atoms with E-state index in [0.29, 0.717) is 11.8 Å². The van der Waals surface area contributed by atoms with Crippen LogP contribution in [0.2, 0.25) is 0 Å². The zero-order valence-corrected chi connectivity index (χ0v) is 12.9. The zero-order chi connectivity index (χ0) is 14.7. The van der Waals surface area contributed by atoms with Gasteiger partial charge in [-0.3, -0.25) is 9.69 Å². The molecule has 0 aromatic heterocycles. The Morgan fingerprint density at radius 1 is 1.38 bits per heavy atom. The van der Waals surface area contributed by atoms with E-state index in [-0.39, 0.29) is 0 Å². The molecular formula is C18H25NO2. The second kappa shape index (κ2) is 6.61. The maximum Gasteiger partial charge on any atom is 0.131 e. The van der Waals surface area contributed by atoms with Crippen molar-refractivity contribution < 1.29 is 9.53 Å². The van der Waals surface area contributed by atoms with Crippen LogP contribution in [0.25, 0.3) is 0 Å². The lowest BCUT2D eigenvalue weighted by Crippen LogP contribution is -2.41. The summed E-state index contributed by atoms with van der Waals surface area (Å²) in [5.74, 6) is 1.38. The van der Waals surface area contributed by atoms with Gasteiger partial charge in [-0.15, -0.1) is 0 Å². The fraction of sp³-hybridized carbons (Fsp3) is 0.611. The summed E-state index contributed by atoms with van der Waals surface area (Å²) in [6, 6.07) is 7.07. The average molecular weight is 287 g/mol. The molecule has 0 aliphatic carbocycles. The van der Waals surface area contributed by atoms with Gasteiger partial charge >= 0.3 is 0 Å². The van der Waals surface area contributed by atoms with E-state index in [9.17, 15) is 4.79 Å². The maximum atomic E-state index is 11.4. The number of ketones is 1. The van der Waals surface area contributed by atoms with E-state index in [2.05, 4.69) is 23.1 Å². The Morgan fingerprint density at radius 3 is 3.14 bits per heavy atom. The Kier molecular flexibility index (Phi) is 4.59. The van der Waals surface area contributed by atoms with Gasteiger partial charge in [-0.2, -0.15) is 0 Å². The standard InChI is InChI=1S/C18H25NO2/c1-14(20)12-17-4-2-3-9-19(17)10-7-15-5-6-18-16(13-15)8-11-21-18/h5-6,13,17H,2-4,7-12H2,1H3. The lowest BCUT2D eigenvalue weighted by molar-refractivity contribution is -0.118. The molecule has 1 unspecified atom stereocenters. The molecule has 2 heterocycles. The number of ether oxygens (including phenoxy) is 1. The molecule has 3 heteroatoms. The van der Waals surface area contributed by atoms with Crippen LogP contribution in [0.3, 0.4) is 0 Å². The lowest BCUT2D eigenvalue weighted by atomic mass is 9.97. The van der Waals surface area contributed by atoms with Crippen molar-refractivity contribution in [2.45, 2.75) is 51.5 Å². The van der Waals surface area contributed by atoms with Crippen LogP contribution >= 0.6 is 0 Å². The molecule has 2 aliphatic heterocycles. The number of rotatable bonds is 5. The summed E-state index contributed by atoms with van der Waals surface area (Å²) in [6.07, 6.45) is 6.55. The Bertz CT molecular complexity index is 512. The van der Waals surface area contributed by atoms with Crippen molar-refractivity contribution in [3.63, 3.8) is 0 Å². The molecule has 1 saturated heterocycles. The third-order valence-corrected chi connectivity index (χ3v) is 4.71. The molecule has 1 fully saturated rings. The second-order valence-electron chi connectivity index (χ2n) is 6.38. The summed E-state index contributed by atoms with van der Waals surface area (Å²) in [6.45, 7) is 4.75. The molecule has 1 aromatic rings. The van der Waals surface area contributed by atoms with E-state index in [0.717, 1.165) is 44.7 Å². The van der Waals surface area contributed by atoms with Crippen LogP contribution in [0, 0.1) is 0 Å². The van der Waals surface area contributed by atoms with Crippen molar-refractivity contribution in [1.29, 1.82) is 0 Å².